The molecule has 0 bridgehead atoms. The van der Waals surface area contributed by atoms with Gasteiger partial charge in [0.05, 0.1) is 12.0 Å². The molecule has 1 heterocycles. The largest absolute Gasteiger partial charge is 0.385 e. The van der Waals surface area contributed by atoms with Gasteiger partial charge < -0.3 is 15.0 Å². The smallest absolute Gasteiger partial charge is 0.223 e. The minimum absolute atomic E-state index is 0.0494. The highest BCUT2D eigenvalue weighted by atomic mass is 16.3. The molecule has 0 aliphatic rings. The standard InChI is InChI=1S/C18H25N3O2/c1-14(13-21-10-9-19-15(21)2)12-20-17(22)11-18(3,23)16-7-5-4-6-8-16/h4-10,14,23H,11-13H2,1-3H3,(H,20,22). The summed E-state index contributed by atoms with van der Waals surface area (Å²) < 4.78 is 2.07. The van der Waals surface area contributed by atoms with Gasteiger partial charge in [0.25, 0.3) is 0 Å². The maximum Gasteiger partial charge on any atom is 0.223 e. The van der Waals surface area contributed by atoms with Gasteiger partial charge in [-0.2, -0.15) is 0 Å². The summed E-state index contributed by atoms with van der Waals surface area (Å²) in [5, 5.41) is 13.4. The van der Waals surface area contributed by atoms with E-state index in [0.717, 1.165) is 17.9 Å². The predicted octanol–water partition coefficient (Wildman–Crippen LogP) is 2.24. The van der Waals surface area contributed by atoms with Gasteiger partial charge in [-0.1, -0.05) is 37.3 Å². The fourth-order valence-electron chi connectivity index (χ4n) is 2.56. The second-order valence-corrected chi connectivity index (χ2v) is 6.35. The first-order chi connectivity index (χ1) is 10.9. The normalized spacial score (nSPS) is 15.0. The molecule has 2 rings (SSSR count). The molecule has 0 radical (unpaired) electrons. The maximum absolute atomic E-state index is 12.1. The third kappa shape index (κ3) is 4.93. The molecule has 0 saturated heterocycles. The van der Waals surface area contributed by atoms with Crippen LogP contribution in [0.25, 0.3) is 0 Å². The van der Waals surface area contributed by atoms with Crippen LogP contribution in [-0.2, 0) is 16.9 Å². The zero-order valence-corrected chi connectivity index (χ0v) is 14.0. The first-order valence-corrected chi connectivity index (χ1v) is 7.91. The second-order valence-electron chi connectivity index (χ2n) is 6.35. The van der Waals surface area contributed by atoms with Gasteiger partial charge in [-0.15, -0.1) is 0 Å². The van der Waals surface area contributed by atoms with Gasteiger partial charge in [0.1, 0.15) is 5.82 Å². The van der Waals surface area contributed by atoms with Crippen molar-refractivity contribution in [2.24, 2.45) is 5.92 Å². The quantitative estimate of drug-likeness (QED) is 0.823. The minimum Gasteiger partial charge on any atom is -0.385 e. The molecule has 0 fully saturated rings. The average Bonchev–Trinajstić information content (AvgIpc) is 2.91. The minimum atomic E-state index is -1.16. The lowest BCUT2D eigenvalue weighted by molar-refractivity contribution is -0.126. The van der Waals surface area contributed by atoms with Crippen molar-refractivity contribution >= 4 is 5.91 Å². The number of rotatable bonds is 7. The molecule has 2 atom stereocenters. The van der Waals surface area contributed by atoms with E-state index < -0.39 is 5.60 Å². The Morgan fingerprint density at radius 2 is 2.09 bits per heavy atom. The fourth-order valence-corrected chi connectivity index (χ4v) is 2.56. The molecule has 0 spiro atoms. The van der Waals surface area contributed by atoms with Crippen molar-refractivity contribution < 1.29 is 9.90 Å². The molecular weight excluding hydrogens is 290 g/mol. The molecule has 0 saturated carbocycles. The molecule has 5 heteroatoms. The highest BCUT2D eigenvalue weighted by Crippen LogP contribution is 2.23. The number of nitrogens with one attached hydrogen (secondary N) is 1. The van der Waals surface area contributed by atoms with Crippen LogP contribution in [0.15, 0.2) is 42.7 Å². The Balaban J connectivity index is 1.82. The van der Waals surface area contributed by atoms with Gasteiger partial charge in [0.2, 0.25) is 5.91 Å². The number of benzene rings is 1. The van der Waals surface area contributed by atoms with Crippen molar-refractivity contribution in [3.05, 3.63) is 54.1 Å². The van der Waals surface area contributed by atoms with E-state index in [0.29, 0.717) is 6.54 Å². The van der Waals surface area contributed by atoms with Gasteiger partial charge in [-0.05, 0) is 25.3 Å². The number of carbonyl (C=O) groups is 1. The number of aryl methyl sites for hydroxylation is 1. The lowest BCUT2D eigenvalue weighted by atomic mass is 9.92. The molecule has 1 aromatic heterocycles. The molecule has 23 heavy (non-hydrogen) atoms. The van der Waals surface area contributed by atoms with Crippen molar-refractivity contribution in [1.82, 2.24) is 14.9 Å². The highest BCUT2D eigenvalue weighted by Gasteiger charge is 2.26. The Bertz CT molecular complexity index is 635. The van der Waals surface area contributed by atoms with Crippen LogP contribution in [-0.4, -0.2) is 27.1 Å². The Hall–Kier alpha value is -2.14. The molecule has 5 nitrogen and oxygen atoms in total. The maximum atomic E-state index is 12.1. The number of aliphatic hydroxyl groups is 1. The summed E-state index contributed by atoms with van der Waals surface area (Å²) >= 11 is 0. The van der Waals surface area contributed by atoms with Gasteiger partial charge in [0.15, 0.2) is 0 Å². The van der Waals surface area contributed by atoms with E-state index in [9.17, 15) is 9.90 Å². The van der Waals surface area contributed by atoms with Crippen LogP contribution in [0.4, 0.5) is 0 Å². The number of aromatic nitrogens is 2. The van der Waals surface area contributed by atoms with E-state index in [1.54, 1.807) is 13.1 Å². The highest BCUT2D eigenvalue weighted by molar-refractivity contribution is 5.77. The SMILES string of the molecule is Cc1nccn1CC(C)CNC(=O)CC(C)(O)c1ccccc1. The van der Waals surface area contributed by atoms with Crippen LogP contribution < -0.4 is 5.32 Å². The van der Waals surface area contributed by atoms with Crippen LogP contribution in [0.2, 0.25) is 0 Å². The first-order valence-electron chi connectivity index (χ1n) is 7.91. The van der Waals surface area contributed by atoms with E-state index >= 15 is 0 Å². The van der Waals surface area contributed by atoms with Crippen LogP contribution in [0.5, 0.6) is 0 Å². The summed E-state index contributed by atoms with van der Waals surface area (Å²) in [6.45, 7) is 7.08. The van der Waals surface area contributed by atoms with Gasteiger partial charge in [0, 0.05) is 25.5 Å². The summed E-state index contributed by atoms with van der Waals surface area (Å²) in [7, 11) is 0. The number of imidazole rings is 1. The molecule has 1 amide bonds. The van der Waals surface area contributed by atoms with Crippen LogP contribution in [0, 0.1) is 12.8 Å². The molecule has 2 N–H and O–H groups in total. The van der Waals surface area contributed by atoms with E-state index in [2.05, 4.69) is 21.8 Å². The van der Waals surface area contributed by atoms with E-state index in [-0.39, 0.29) is 18.2 Å². The summed E-state index contributed by atoms with van der Waals surface area (Å²) in [5.41, 5.74) is -0.410. The summed E-state index contributed by atoms with van der Waals surface area (Å²) in [6.07, 6.45) is 3.76. The Kier molecular flexibility index (Phi) is 5.55. The number of hydrogen-bond acceptors (Lipinski definition) is 3. The van der Waals surface area contributed by atoms with Crippen LogP contribution >= 0.6 is 0 Å². The summed E-state index contributed by atoms with van der Waals surface area (Å²) in [4.78, 5) is 16.3. The van der Waals surface area contributed by atoms with E-state index in [1.165, 1.54) is 0 Å². The molecule has 1 aromatic carbocycles. The molecule has 2 aromatic rings. The molecule has 0 aliphatic carbocycles. The lowest BCUT2D eigenvalue weighted by Crippen LogP contribution is -2.35. The van der Waals surface area contributed by atoms with Crippen molar-refractivity contribution in [1.29, 1.82) is 0 Å². The predicted molar refractivity (Wildman–Crippen MR) is 89.8 cm³/mol. The number of hydrogen-bond donors (Lipinski definition) is 2. The zero-order valence-electron chi connectivity index (χ0n) is 14.0. The Labute approximate surface area is 137 Å². The number of carbonyl (C=O) groups excluding carboxylic acids is 1. The zero-order chi connectivity index (χ0) is 16.9. The lowest BCUT2D eigenvalue weighted by Gasteiger charge is -2.23. The Morgan fingerprint density at radius 3 is 2.70 bits per heavy atom. The third-order valence-corrected chi connectivity index (χ3v) is 3.98. The molecule has 124 valence electrons. The third-order valence-electron chi connectivity index (χ3n) is 3.98. The van der Waals surface area contributed by atoms with E-state index in [4.69, 9.17) is 0 Å². The molecule has 0 aliphatic heterocycles. The van der Waals surface area contributed by atoms with E-state index in [1.807, 2.05) is 43.5 Å². The van der Waals surface area contributed by atoms with Gasteiger partial charge in [-0.3, -0.25) is 4.79 Å². The average molecular weight is 315 g/mol. The van der Waals surface area contributed by atoms with Crippen molar-refractivity contribution in [3.63, 3.8) is 0 Å². The number of amides is 1. The van der Waals surface area contributed by atoms with Crippen molar-refractivity contribution in [3.8, 4) is 0 Å². The molecule has 2 unspecified atom stereocenters. The molecular formula is C18H25N3O2. The first kappa shape index (κ1) is 17.2. The number of nitrogens with zero attached hydrogens (tertiary/aromatic N) is 2. The monoisotopic (exact) mass is 315 g/mol. The van der Waals surface area contributed by atoms with Crippen molar-refractivity contribution in [2.75, 3.05) is 6.54 Å². The van der Waals surface area contributed by atoms with Crippen LogP contribution in [0.1, 0.15) is 31.7 Å². The van der Waals surface area contributed by atoms with Gasteiger partial charge >= 0.3 is 0 Å². The summed E-state index contributed by atoms with van der Waals surface area (Å²) in [5.74, 6) is 1.11. The van der Waals surface area contributed by atoms with Gasteiger partial charge in [-0.25, -0.2) is 4.98 Å². The second kappa shape index (κ2) is 7.42. The van der Waals surface area contributed by atoms with Crippen LogP contribution in [0.3, 0.4) is 0 Å². The summed E-state index contributed by atoms with van der Waals surface area (Å²) in [6, 6.07) is 9.27. The fraction of sp³-hybridized carbons (Fsp3) is 0.444. The topological polar surface area (TPSA) is 67.2 Å². The Morgan fingerprint density at radius 1 is 1.39 bits per heavy atom. The van der Waals surface area contributed by atoms with Crippen molar-refractivity contribution in [2.45, 2.75) is 39.3 Å².